The van der Waals surface area contributed by atoms with Gasteiger partial charge in [0, 0.05) is 6.61 Å². The highest BCUT2D eigenvalue weighted by Gasteiger charge is 2.51. The Balaban J connectivity index is 1.40. The van der Waals surface area contributed by atoms with Crippen molar-refractivity contribution in [3.63, 3.8) is 0 Å². The van der Waals surface area contributed by atoms with E-state index < -0.39 is 17.1 Å². The third-order valence-electron chi connectivity index (χ3n) is 8.88. The maximum absolute atomic E-state index is 13.5. The molecule has 0 aromatic carbocycles. The average Bonchev–Trinajstić information content (AvgIpc) is 3.68. The van der Waals surface area contributed by atoms with Gasteiger partial charge in [0.15, 0.2) is 0 Å². The zero-order chi connectivity index (χ0) is 25.4. The Morgan fingerprint density at radius 2 is 1.63 bits per heavy atom. The Morgan fingerprint density at radius 3 is 2.20 bits per heavy atom. The number of hydrogen-bond donors (Lipinski definition) is 1. The van der Waals surface area contributed by atoms with Gasteiger partial charge in [0.05, 0.1) is 54.7 Å². The molecule has 2 heterocycles. The quantitative estimate of drug-likeness (QED) is 0.334. The van der Waals surface area contributed by atoms with Crippen LogP contribution in [0.1, 0.15) is 92.9 Å². The molecule has 0 spiro atoms. The van der Waals surface area contributed by atoms with E-state index >= 15 is 0 Å². The first kappa shape index (κ1) is 27.3. The molecule has 2 saturated carbocycles. The van der Waals surface area contributed by atoms with Crippen molar-refractivity contribution >= 4 is 5.97 Å². The predicted molar refractivity (Wildman–Crippen MR) is 132 cm³/mol. The van der Waals surface area contributed by atoms with Crippen molar-refractivity contribution in [2.75, 3.05) is 19.8 Å². The van der Waals surface area contributed by atoms with Crippen LogP contribution in [-0.2, 0) is 28.5 Å². The zero-order valence-electron chi connectivity index (χ0n) is 22.7. The highest BCUT2D eigenvalue weighted by Crippen LogP contribution is 2.45. The third kappa shape index (κ3) is 6.98. The molecule has 2 saturated heterocycles. The molecule has 0 radical (unpaired) electrons. The Labute approximate surface area is 211 Å². The minimum atomic E-state index is -0.717. The van der Waals surface area contributed by atoms with E-state index in [1.54, 1.807) is 0 Å². The van der Waals surface area contributed by atoms with Crippen LogP contribution in [0, 0.1) is 17.3 Å². The van der Waals surface area contributed by atoms with E-state index in [1.807, 2.05) is 27.7 Å². The van der Waals surface area contributed by atoms with Gasteiger partial charge >= 0.3 is 5.97 Å². The van der Waals surface area contributed by atoms with Crippen molar-refractivity contribution in [3.05, 3.63) is 0 Å². The van der Waals surface area contributed by atoms with Gasteiger partial charge in [0.25, 0.3) is 0 Å². The molecule has 8 atom stereocenters. The first-order valence-electron chi connectivity index (χ1n) is 13.9. The van der Waals surface area contributed by atoms with Crippen LogP contribution in [0.4, 0.5) is 0 Å². The van der Waals surface area contributed by atoms with Gasteiger partial charge in [-0.3, -0.25) is 4.79 Å². The largest absolute Gasteiger partial charge is 0.456 e. The van der Waals surface area contributed by atoms with E-state index in [1.165, 1.54) is 0 Å². The van der Waals surface area contributed by atoms with Crippen LogP contribution in [0.2, 0.25) is 0 Å². The fraction of sp³-hybridized carbons (Fsp3) is 0.964. The Hall–Kier alpha value is -0.730. The molecule has 1 N–H and O–H groups in total. The minimum absolute atomic E-state index is 0.183. The number of carbonyl (C=O) groups is 1. The molecular formula is C28H48O7. The molecule has 4 aliphatic rings. The SMILES string of the molecule is CCOC(C)(C)CCC(C)(C)C(=O)OC1(C)CCC(C2CO2)CC1OC1CCC(C2CO2)CC1O. The summed E-state index contributed by atoms with van der Waals surface area (Å²) in [6.45, 7) is 14.4. The molecule has 2 aliphatic carbocycles. The number of epoxide rings is 2. The number of ether oxygens (including phenoxy) is 5. The maximum atomic E-state index is 13.5. The van der Waals surface area contributed by atoms with Crippen molar-refractivity contribution < 1.29 is 33.6 Å². The molecule has 8 unspecified atom stereocenters. The topological polar surface area (TPSA) is 90.1 Å². The summed E-state index contributed by atoms with van der Waals surface area (Å²) in [6, 6.07) is 0. The molecule has 0 bridgehead atoms. The molecule has 4 fully saturated rings. The summed E-state index contributed by atoms with van der Waals surface area (Å²) in [6.07, 6.45) is 6.13. The van der Waals surface area contributed by atoms with Crippen molar-refractivity contribution in [3.8, 4) is 0 Å². The third-order valence-corrected chi connectivity index (χ3v) is 8.88. The molecule has 0 amide bonds. The summed E-state index contributed by atoms with van der Waals surface area (Å²) in [5.41, 5.74) is -1.61. The molecule has 0 aromatic rings. The van der Waals surface area contributed by atoms with Gasteiger partial charge < -0.3 is 28.8 Å². The second-order valence-electron chi connectivity index (χ2n) is 12.9. The Morgan fingerprint density at radius 1 is 1.00 bits per heavy atom. The lowest BCUT2D eigenvalue weighted by atomic mass is 9.75. The van der Waals surface area contributed by atoms with Crippen LogP contribution >= 0.6 is 0 Å². The Kier molecular flexibility index (Phi) is 8.24. The lowest BCUT2D eigenvalue weighted by molar-refractivity contribution is -0.214. The molecular weight excluding hydrogens is 448 g/mol. The summed E-state index contributed by atoms with van der Waals surface area (Å²) >= 11 is 0. The monoisotopic (exact) mass is 496 g/mol. The summed E-state index contributed by atoms with van der Waals surface area (Å²) in [4.78, 5) is 13.5. The second kappa shape index (κ2) is 10.6. The van der Waals surface area contributed by atoms with Crippen LogP contribution < -0.4 is 0 Å². The molecule has 7 nitrogen and oxygen atoms in total. The van der Waals surface area contributed by atoms with E-state index in [4.69, 9.17) is 23.7 Å². The van der Waals surface area contributed by atoms with E-state index in [0.717, 1.165) is 58.2 Å². The first-order valence-corrected chi connectivity index (χ1v) is 13.9. The van der Waals surface area contributed by atoms with Crippen LogP contribution in [0.3, 0.4) is 0 Å². The number of carbonyl (C=O) groups excluding carboxylic acids is 1. The summed E-state index contributed by atoms with van der Waals surface area (Å²) in [7, 11) is 0. The van der Waals surface area contributed by atoms with Gasteiger partial charge in [-0.1, -0.05) is 0 Å². The number of hydrogen-bond acceptors (Lipinski definition) is 7. The highest BCUT2D eigenvalue weighted by molar-refractivity contribution is 5.76. The number of aliphatic hydroxyl groups excluding tert-OH is 1. The first-order chi connectivity index (χ1) is 16.4. The predicted octanol–water partition coefficient (Wildman–Crippen LogP) is 4.42. The van der Waals surface area contributed by atoms with Crippen LogP contribution in [0.15, 0.2) is 0 Å². The van der Waals surface area contributed by atoms with Crippen molar-refractivity contribution in [2.45, 2.75) is 135 Å². The van der Waals surface area contributed by atoms with Crippen molar-refractivity contribution in [1.82, 2.24) is 0 Å². The molecule has 35 heavy (non-hydrogen) atoms. The smallest absolute Gasteiger partial charge is 0.312 e. The normalized spacial score (nSPS) is 39.8. The Bertz CT molecular complexity index is 729. The van der Waals surface area contributed by atoms with Gasteiger partial charge in [0.2, 0.25) is 0 Å². The maximum Gasteiger partial charge on any atom is 0.312 e. The molecule has 0 aromatic heterocycles. The molecule has 2 aliphatic heterocycles. The van der Waals surface area contributed by atoms with E-state index in [0.29, 0.717) is 37.1 Å². The molecule has 7 heteroatoms. The van der Waals surface area contributed by atoms with E-state index in [-0.39, 0.29) is 23.8 Å². The molecule has 4 rings (SSSR count). The van der Waals surface area contributed by atoms with Crippen molar-refractivity contribution in [2.24, 2.45) is 17.3 Å². The molecule has 202 valence electrons. The van der Waals surface area contributed by atoms with Gasteiger partial charge in [-0.2, -0.15) is 0 Å². The minimum Gasteiger partial charge on any atom is -0.456 e. The standard InChI is InChI=1S/C28H48O7/c1-7-33-27(4,5)13-12-26(2,3)25(30)35-28(6)11-10-19(23-17-32-23)15-24(28)34-21-9-8-18(14-20(21)29)22-16-31-22/h18-24,29H,7-17H2,1-6H3. The lowest BCUT2D eigenvalue weighted by Crippen LogP contribution is -2.54. The lowest BCUT2D eigenvalue weighted by Gasteiger charge is -2.46. The van der Waals surface area contributed by atoms with Crippen LogP contribution in [0.5, 0.6) is 0 Å². The van der Waals surface area contributed by atoms with Crippen LogP contribution in [-0.4, -0.2) is 72.6 Å². The zero-order valence-corrected chi connectivity index (χ0v) is 22.7. The van der Waals surface area contributed by atoms with Gasteiger partial charge in [-0.15, -0.1) is 0 Å². The summed E-state index contributed by atoms with van der Waals surface area (Å²) in [5, 5.41) is 10.9. The van der Waals surface area contributed by atoms with E-state index in [9.17, 15) is 9.90 Å². The fourth-order valence-corrected chi connectivity index (χ4v) is 5.97. The van der Waals surface area contributed by atoms with Gasteiger partial charge in [-0.25, -0.2) is 0 Å². The fourth-order valence-electron chi connectivity index (χ4n) is 5.97. The van der Waals surface area contributed by atoms with Crippen LogP contribution in [0.25, 0.3) is 0 Å². The second-order valence-corrected chi connectivity index (χ2v) is 12.9. The van der Waals surface area contributed by atoms with E-state index in [2.05, 4.69) is 13.8 Å². The van der Waals surface area contributed by atoms with Crippen molar-refractivity contribution in [1.29, 1.82) is 0 Å². The average molecular weight is 497 g/mol. The number of aliphatic hydroxyl groups is 1. The van der Waals surface area contributed by atoms with Gasteiger partial charge in [-0.05, 0) is 105 Å². The number of rotatable bonds is 11. The van der Waals surface area contributed by atoms with Gasteiger partial charge in [0.1, 0.15) is 5.60 Å². The summed E-state index contributed by atoms with van der Waals surface area (Å²) in [5.74, 6) is 0.659. The highest BCUT2D eigenvalue weighted by atomic mass is 16.6. The number of esters is 1. The summed E-state index contributed by atoms with van der Waals surface area (Å²) < 4.78 is 29.9.